The molecule has 132 valence electrons. The predicted octanol–water partition coefficient (Wildman–Crippen LogP) is 3.26. The van der Waals surface area contributed by atoms with E-state index in [1.807, 2.05) is 44.3 Å². The Kier molecular flexibility index (Phi) is 3.94. The lowest BCUT2D eigenvalue weighted by Gasteiger charge is -2.08. The number of hydrogen-bond acceptors (Lipinski definition) is 6. The van der Waals surface area contributed by atoms with Gasteiger partial charge in [0.1, 0.15) is 17.3 Å². The van der Waals surface area contributed by atoms with Crippen molar-refractivity contribution in [2.75, 3.05) is 18.1 Å². The molecule has 0 fully saturated rings. The number of anilines is 2. The van der Waals surface area contributed by atoms with Crippen molar-refractivity contribution in [3.05, 3.63) is 59.9 Å². The Morgan fingerprint density at radius 2 is 1.96 bits per heavy atom. The molecule has 0 aliphatic heterocycles. The molecule has 1 aromatic carbocycles. The van der Waals surface area contributed by atoms with Gasteiger partial charge in [0, 0.05) is 24.5 Å². The summed E-state index contributed by atoms with van der Waals surface area (Å²) in [4.78, 5) is 8.96. The van der Waals surface area contributed by atoms with E-state index in [-0.39, 0.29) is 0 Å². The average molecular weight is 355 g/mol. The molecule has 0 aliphatic rings. The first-order chi connectivity index (χ1) is 13.1. The number of hydrogen-bond donors (Lipinski definition) is 2. The number of nitriles is 1. The third kappa shape index (κ3) is 2.93. The molecule has 0 bridgehead atoms. The van der Waals surface area contributed by atoms with E-state index in [1.165, 1.54) is 0 Å². The number of rotatable bonds is 3. The molecular weight excluding hydrogens is 338 g/mol. The van der Waals surface area contributed by atoms with Crippen molar-refractivity contribution in [2.45, 2.75) is 6.92 Å². The van der Waals surface area contributed by atoms with Crippen LogP contribution in [0.15, 0.2) is 48.7 Å². The number of aryl methyl sites for hydroxylation is 1. The predicted molar refractivity (Wildman–Crippen MR) is 105 cm³/mol. The third-order valence-electron chi connectivity index (χ3n) is 4.27. The summed E-state index contributed by atoms with van der Waals surface area (Å²) in [6, 6.07) is 15.2. The molecule has 0 aliphatic carbocycles. The summed E-state index contributed by atoms with van der Waals surface area (Å²) >= 11 is 0. The number of nitrogens with zero attached hydrogens (tertiary/aromatic N) is 5. The molecule has 0 spiro atoms. The minimum absolute atomic E-state index is 0.417. The highest BCUT2D eigenvalue weighted by Crippen LogP contribution is 2.36. The first-order valence-electron chi connectivity index (χ1n) is 8.41. The van der Waals surface area contributed by atoms with E-state index < -0.39 is 0 Å². The van der Waals surface area contributed by atoms with Gasteiger partial charge in [-0.1, -0.05) is 12.1 Å². The molecule has 4 rings (SSSR count). The van der Waals surface area contributed by atoms with Crippen molar-refractivity contribution >= 4 is 17.3 Å². The van der Waals surface area contributed by atoms with E-state index in [0.717, 1.165) is 33.9 Å². The van der Waals surface area contributed by atoms with Crippen LogP contribution in [0.3, 0.4) is 0 Å². The number of aromatic nitrogens is 4. The lowest BCUT2D eigenvalue weighted by molar-refractivity contribution is 0.945. The van der Waals surface area contributed by atoms with Gasteiger partial charge >= 0.3 is 0 Å². The Hall–Kier alpha value is -3.92. The molecule has 7 heteroatoms. The SMILES string of the molecule is CNc1cc(-c2c(-c3cccc(C#N)c3)nn3ccc(N)nc23)cc(C)n1. The average Bonchev–Trinajstić information content (AvgIpc) is 3.06. The van der Waals surface area contributed by atoms with E-state index >= 15 is 0 Å². The van der Waals surface area contributed by atoms with Gasteiger partial charge < -0.3 is 11.1 Å². The molecule has 27 heavy (non-hydrogen) atoms. The third-order valence-corrected chi connectivity index (χ3v) is 4.27. The van der Waals surface area contributed by atoms with Gasteiger partial charge in [-0.05, 0) is 42.8 Å². The summed E-state index contributed by atoms with van der Waals surface area (Å²) in [6.45, 7) is 1.94. The number of nitrogens with two attached hydrogens (primary N) is 1. The van der Waals surface area contributed by atoms with Crippen LogP contribution in [-0.2, 0) is 0 Å². The van der Waals surface area contributed by atoms with Crippen molar-refractivity contribution in [3.8, 4) is 28.5 Å². The second-order valence-electron chi connectivity index (χ2n) is 6.17. The Balaban J connectivity index is 2.07. The van der Waals surface area contributed by atoms with Crippen LogP contribution in [0.5, 0.6) is 0 Å². The first-order valence-corrected chi connectivity index (χ1v) is 8.41. The fourth-order valence-electron chi connectivity index (χ4n) is 3.09. The molecule has 3 N–H and O–H groups in total. The van der Waals surface area contributed by atoms with Crippen molar-refractivity contribution in [1.82, 2.24) is 19.6 Å². The van der Waals surface area contributed by atoms with E-state index in [0.29, 0.717) is 17.0 Å². The number of benzene rings is 1. The molecule has 3 heterocycles. The van der Waals surface area contributed by atoms with Crippen LogP contribution in [0, 0.1) is 18.3 Å². The maximum Gasteiger partial charge on any atom is 0.165 e. The van der Waals surface area contributed by atoms with Crippen molar-refractivity contribution in [2.24, 2.45) is 0 Å². The summed E-state index contributed by atoms with van der Waals surface area (Å²) < 4.78 is 1.70. The zero-order valence-corrected chi connectivity index (χ0v) is 14.9. The summed E-state index contributed by atoms with van der Waals surface area (Å²) in [5, 5.41) is 17.0. The molecule has 0 atom stereocenters. The second-order valence-corrected chi connectivity index (χ2v) is 6.17. The van der Waals surface area contributed by atoms with Crippen LogP contribution < -0.4 is 11.1 Å². The Morgan fingerprint density at radius 1 is 1.11 bits per heavy atom. The lowest BCUT2D eigenvalue weighted by Crippen LogP contribution is -1.97. The molecule has 3 aromatic heterocycles. The van der Waals surface area contributed by atoms with Gasteiger partial charge in [0.15, 0.2) is 5.65 Å². The lowest BCUT2D eigenvalue weighted by atomic mass is 10.00. The minimum Gasteiger partial charge on any atom is -0.384 e. The summed E-state index contributed by atoms with van der Waals surface area (Å²) in [7, 11) is 1.83. The number of nitrogen functional groups attached to an aromatic ring is 1. The van der Waals surface area contributed by atoms with Gasteiger partial charge in [0.25, 0.3) is 0 Å². The molecule has 7 nitrogen and oxygen atoms in total. The van der Waals surface area contributed by atoms with E-state index in [2.05, 4.69) is 21.4 Å². The highest BCUT2D eigenvalue weighted by molar-refractivity contribution is 5.91. The van der Waals surface area contributed by atoms with Gasteiger partial charge in [-0.3, -0.25) is 0 Å². The zero-order valence-electron chi connectivity index (χ0n) is 14.9. The van der Waals surface area contributed by atoms with Crippen molar-refractivity contribution in [3.63, 3.8) is 0 Å². The first kappa shape index (κ1) is 16.5. The molecule has 0 amide bonds. The Labute approximate surface area is 156 Å². The molecule has 0 saturated carbocycles. The van der Waals surface area contributed by atoms with Gasteiger partial charge in [-0.25, -0.2) is 14.5 Å². The van der Waals surface area contributed by atoms with Crippen LogP contribution in [0.2, 0.25) is 0 Å². The number of fused-ring (bicyclic) bond motifs is 1. The molecule has 0 unspecified atom stereocenters. The fourth-order valence-corrected chi connectivity index (χ4v) is 3.09. The Bertz CT molecular complexity index is 1200. The van der Waals surface area contributed by atoms with Gasteiger partial charge in [-0.15, -0.1) is 0 Å². The largest absolute Gasteiger partial charge is 0.384 e. The highest BCUT2D eigenvalue weighted by atomic mass is 15.3. The van der Waals surface area contributed by atoms with Crippen LogP contribution in [0.4, 0.5) is 11.6 Å². The van der Waals surface area contributed by atoms with Crippen LogP contribution >= 0.6 is 0 Å². The quantitative estimate of drug-likeness (QED) is 0.584. The number of pyridine rings is 1. The molecule has 4 aromatic rings. The monoisotopic (exact) mass is 355 g/mol. The minimum atomic E-state index is 0.417. The number of nitrogens with one attached hydrogen (secondary N) is 1. The Morgan fingerprint density at radius 3 is 2.74 bits per heavy atom. The fraction of sp³-hybridized carbons (Fsp3) is 0.100. The van der Waals surface area contributed by atoms with Gasteiger partial charge in [-0.2, -0.15) is 10.4 Å². The summed E-state index contributed by atoms with van der Waals surface area (Å²) in [6.07, 6.45) is 1.78. The summed E-state index contributed by atoms with van der Waals surface area (Å²) in [5.74, 6) is 1.17. The van der Waals surface area contributed by atoms with Crippen LogP contribution in [0.1, 0.15) is 11.3 Å². The zero-order chi connectivity index (χ0) is 19.0. The highest BCUT2D eigenvalue weighted by Gasteiger charge is 2.19. The van der Waals surface area contributed by atoms with Crippen molar-refractivity contribution < 1.29 is 0 Å². The molecule has 0 saturated heterocycles. The van der Waals surface area contributed by atoms with Gasteiger partial charge in [0.05, 0.1) is 17.2 Å². The van der Waals surface area contributed by atoms with E-state index in [1.54, 1.807) is 22.8 Å². The summed E-state index contributed by atoms with van der Waals surface area (Å²) in [5.41, 5.74) is 11.4. The van der Waals surface area contributed by atoms with Gasteiger partial charge in [0.2, 0.25) is 0 Å². The van der Waals surface area contributed by atoms with Crippen molar-refractivity contribution in [1.29, 1.82) is 5.26 Å². The second kappa shape index (κ2) is 6.42. The smallest absolute Gasteiger partial charge is 0.165 e. The van der Waals surface area contributed by atoms with Crippen LogP contribution in [0.25, 0.3) is 28.0 Å². The van der Waals surface area contributed by atoms with Crippen LogP contribution in [-0.4, -0.2) is 26.6 Å². The molecular formula is C20H17N7. The maximum absolute atomic E-state index is 9.26. The molecule has 0 radical (unpaired) electrons. The van der Waals surface area contributed by atoms with E-state index in [9.17, 15) is 5.26 Å². The standard InChI is InChI=1S/C20H17N7/c1-12-8-15(10-17(23-2)24-12)18-19(14-5-3-4-13(9-14)11-21)26-27-7-6-16(22)25-20(18)27/h3-10H,1-2H3,(H2,22,25)(H,23,24). The topological polar surface area (TPSA) is 105 Å². The normalized spacial score (nSPS) is 10.7. The van der Waals surface area contributed by atoms with E-state index in [4.69, 9.17) is 10.8 Å². The maximum atomic E-state index is 9.26.